The van der Waals surface area contributed by atoms with Crippen LogP contribution in [0.1, 0.15) is 11.3 Å². The highest BCUT2D eigenvalue weighted by molar-refractivity contribution is 9.10. The fourth-order valence-electron chi connectivity index (χ4n) is 0.727. The number of hydrogen-bond donors (Lipinski definition) is 0. The molecule has 2 heteroatoms. The maximum atomic E-state index is 4.10. The number of pyridine rings is 1. The van der Waals surface area contributed by atoms with Crippen LogP contribution in [0.5, 0.6) is 0 Å². The number of rotatable bonds is 0. The van der Waals surface area contributed by atoms with E-state index in [1.807, 2.05) is 19.9 Å². The van der Waals surface area contributed by atoms with Crippen molar-refractivity contribution in [3.8, 4) is 0 Å². The highest BCUT2D eigenvalue weighted by Crippen LogP contribution is 2.08. The van der Waals surface area contributed by atoms with E-state index in [-0.39, 0.29) is 0 Å². The van der Waals surface area contributed by atoms with Gasteiger partial charge in [0.15, 0.2) is 0 Å². The zero-order chi connectivity index (χ0) is 6.85. The van der Waals surface area contributed by atoms with Crippen LogP contribution in [0.15, 0.2) is 10.7 Å². The standard InChI is InChI=1S/C7H7BrN/c1-5-3-6(2)9-7(8)4-5/h3H,1-2H3. The lowest BCUT2D eigenvalue weighted by Crippen LogP contribution is -1.83. The van der Waals surface area contributed by atoms with Gasteiger partial charge in [0.1, 0.15) is 4.60 Å². The van der Waals surface area contributed by atoms with Gasteiger partial charge in [0, 0.05) is 11.8 Å². The Morgan fingerprint density at radius 2 is 2.22 bits per heavy atom. The lowest BCUT2D eigenvalue weighted by Gasteiger charge is -1.93. The second-order valence-corrected chi connectivity index (χ2v) is 2.75. The second-order valence-electron chi connectivity index (χ2n) is 2.00. The summed E-state index contributed by atoms with van der Waals surface area (Å²) < 4.78 is 0.792. The molecule has 1 rings (SSSR count). The minimum atomic E-state index is 0.792. The molecule has 1 radical (unpaired) electrons. The first-order valence-corrected chi connectivity index (χ1v) is 3.51. The number of aromatic nitrogens is 1. The molecule has 0 N–H and O–H groups in total. The van der Waals surface area contributed by atoms with Crippen LogP contribution in [0, 0.1) is 19.9 Å². The maximum absolute atomic E-state index is 4.10. The van der Waals surface area contributed by atoms with Crippen LogP contribution in [0.25, 0.3) is 0 Å². The van der Waals surface area contributed by atoms with Gasteiger partial charge >= 0.3 is 0 Å². The van der Waals surface area contributed by atoms with Gasteiger partial charge in [-0.25, -0.2) is 4.98 Å². The predicted molar refractivity (Wildman–Crippen MR) is 40.2 cm³/mol. The van der Waals surface area contributed by atoms with Gasteiger partial charge in [0.2, 0.25) is 0 Å². The van der Waals surface area contributed by atoms with Gasteiger partial charge in [-0.05, 0) is 41.4 Å². The Morgan fingerprint density at radius 1 is 1.56 bits per heavy atom. The number of nitrogens with zero attached hydrogens (tertiary/aromatic N) is 1. The molecule has 0 atom stereocenters. The van der Waals surface area contributed by atoms with E-state index in [0.717, 1.165) is 15.9 Å². The summed E-state index contributed by atoms with van der Waals surface area (Å²) in [5.74, 6) is 0. The van der Waals surface area contributed by atoms with E-state index in [9.17, 15) is 0 Å². The molecular formula is C7H7BrN. The summed E-state index contributed by atoms with van der Waals surface area (Å²) in [6, 6.07) is 5.01. The number of halogens is 1. The van der Waals surface area contributed by atoms with E-state index in [1.54, 1.807) is 0 Å². The molecule has 1 aromatic heterocycles. The van der Waals surface area contributed by atoms with E-state index in [2.05, 4.69) is 27.0 Å². The molecule has 0 saturated carbocycles. The minimum absolute atomic E-state index is 0.792. The Bertz CT molecular complexity index is 170. The maximum Gasteiger partial charge on any atom is 0.114 e. The topological polar surface area (TPSA) is 12.9 Å². The quantitative estimate of drug-likeness (QED) is 0.565. The third-order valence-electron chi connectivity index (χ3n) is 1.00. The molecule has 0 amide bonds. The predicted octanol–water partition coefficient (Wildman–Crippen LogP) is 2.26. The molecule has 0 aliphatic heterocycles. The summed E-state index contributed by atoms with van der Waals surface area (Å²) in [5.41, 5.74) is 2.15. The monoisotopic (exact) mass is 184 g/mol. The van der Waals surface area contributed by atoms with Crippen molar-refractivity contribution in [1.82, 2.24) is 4.98 Å². The smallest absolute Gasteiger partial charge is 0.114 e. The molecule has 47 valence electrons. The van der Waals surface area contributed by atoms with Crippen molar-refractivity contribution in [3.05, 3.63) is 28.0 Å². The van der Waals surface area contributed by atoms with Gasteiger partial charge in [-0.1, -0.05) is 0 Å². The Morgan fingerprint density at radius 3 is 2.67 bits per heavy atom. The summed E-state index contributed by atoms with van der Waals surface area (Å²) in [6.45, 7) is 3.96. The first-order chi connectivity index (χ1) is 4.18. The van der Waals surface area contributed by atoms with Crippen LogP contribution < -0.4 is 0 Å². The lowest BCUT2D eigenvalue weighted by molar-refractivity contribution is 1.14. The fourth-order valence-corrected chi connectivity index (χ4v) is 1.32. The van der Waals surface area contributed by atoms with Crippen molar-refractivity contribution >= 4 is 15.9 Å². The highest BCUT2D eigenvalue weighted by Gasteiger charge is 1.91. The average molecular weight is 185 g/mol. The van der Waals surface area contributed by atoms with Crippen LogP contribution in [0.3, 0.4) is 0 Å². The SMILES string of the molecule is Cc1[c]c(Br)nc(C)c1. The van der Waals surface area contributed by atoms with Crippen LogP contribution in [-0.4, -0.2) is 4.98 Å². The van der Waals surface area contributed by atoms with E-state index >= 15 is 0 Å². The van der Waals surface area contributed by atoms with Gasteiger partial charge < -0.3 is 0 Å². The number of aryl methyl sites for hydroxylation is 2. The van der Waals surface area contributed by atoms with Crippen molar-refractivity contribution in [3.63, 3.8) is 0 Å². The number of hydrogen-bond acceptors (Lipinski definition) is 1. The lowest BCUT2D eigenvalue weighted by atomic mass is 10.3. The molecule has 0 bridgehead atoms. The minimum Gasteiger partial charge on any atom is -0.246 e. The molecule has 9 heavy (non-hydrogen) atoms. The molecule has 0 saturated heterocycles. The van der Waals surface area contributed by atoms with E-state index in [1.165, 1.54) is 0 Å². The third-order valence-corrected chi connectivity index (χ3v) is 1.38. The zero-order valence-electron chi connectivity index (χ0n) is 5.40. The summed E-state index contributed by atoms with van der Waals surface area (Å²) in [4.78, 5) is 4.10. The zero-order valence-corrected chi connectivity index (χ0v) is 6.99. The Hall–Kier alpha value is -0.370. The van der Waals surface area contributed by atoms with Crippen molar-refractivity contribution in [2.45, 2.75) is 13.8 Å². The molecule has 0 spiro atoms. The fraction of sp³-hybridized carbons (Fsp3) is 0.286. The van der Waals surface area contributed by atoms with Crippen molar-refractivity contribution in [1.29, 1.82) is 0 Å². The molecule has 1 heterocycles. The Labute approximate surface area is 63.2 Å². The average Bonchev–Trinajstić information content (AvgIpc) is 1.59. The van der Waals surface area contributed by atoms with Gasteiger partial charge in [-0.15, -0.1) is 0 Å². The summed E-state index contributed by atoms with van der Waals surface area (Å²) in [6.07, 6.45) is 0. The molecule has 0 aliphatic rings. The summed E-state index contributed by atoms with van der Waals surface area (Å²) >= 11 is 3.25. The molecule has 1 aromatic rings. The van der Waals surface area contributed by atoms with Gasteiger partial charge in [-0.2, -0.15) is 0 Å². The van der Waals surface area contributed by atoms with Crippen LogP contribution in [-0.2, 0) is 0 Å². The first kappa shape index (κ1) is 6.75. The van der Waals surface area contributed by atoms with Crippen molar-refractivity contribution < 1.29 is 0 Å². The highest BCUT2D eigenvalue weighted by atomic mass is 79.9. The van der Waals surface area contributed by atoms with Gasteiger partial charge in [-0.3, -0.25) is 0 Å². The normalized spacial score (nSPS) is 9.67. The van der Waals surface area contributed by atoms with E-state index < -0.39 is 0 Å². The molecular weight excluding hydrogens is 178 g/mol. The molecule has 0 aliphatic carbocycles. The molecule has 1 nitrogen and oxygen atoms in total. The largest absolute Gasteiger partial charge is 0.246 e. The first-order valence-electron chi connectivity index (χ1n) is 2.71. The van der Waals surface area contributed by atoms with Crippen LogP contribution in [0.2, 0.25) is 0 Å². The summed E-state index contributed by atoms with van der Waals surface area (Å²) in [7, 11) is 0. The van der Waals surface area contributed by atoms with Gasteiger partial charge in [0.05, 0.1) is 0 Å². The molecule has 0 fully saturated rings. The molecule has 0 unspecified atom stereocenters. The van der Waals surface area contributed by atoms with E-state index in [4.69, 9.17) is 0 Å². The summed E-state index contributed by atoms with van der Waals surface area (Å²) in [5, 5.41) is 0. The Kier molecular flexibility index (Phi) is 1.86. The molecule has 0 aromatic carbocycles. The second kappa shape index (κ2) is 2.48. The van der Waals surface area contributed by atoms with Gasteiger partial charge in [0.25, 0.3) is 0 Å². The van der Waals surface area contributed by atoms with Crippen molar-refractivity contribution in [2.75, 3.05) is 0 Å². The van der Waals surface area contributed by atoms with Crippen molar-refractivity contribution in [2.24, 2.45) is 0 Å². The van der Waals surface area contributed by atoms with Crippen LogP contribution >= 0.6 is 15.9 Å². The Balaban J connectivity index is 3.17. The van der Waals surface area contributed by atoms with Crippen LogP contribution in [0.4, 0.5) is 0 Å². The van der Waals surface area contributed by atoms with E-state index in [0.29, 0.717) is 0 Å². The third kappa shape index (κ3) is 1.79.